The highest BCUT2D eigenvalue weighted by Crippen LogP contribution is 2.51. The zero-order chi connectivity index (χ0) is 19.3. The van der Waals surface area contributed by atoms with Gasteiger partial charge in [-0.2, -0.15) is 0 Å². The average molecular weight is 387 g/mol. The minimum atomic E-state index is -0.396. The van der Waals surface area contributed by atoms with Crippen LogP contribution in [0.2, 0.25) is 0 Å². The van der Waals surface area contributed by atoms with Gasteiger partial charge in [0.2, 0.25) is 0 Å². The summed E-state index contributed by atoms with van der Waals surface area (Å²) in [5.41, 5.74) is 7.44. The van der Waals surface area contributed by atoms with Crippen molar-refractivity contribution in [2.24, 2.45) is 5.92 Å². The minimum absolute atomic E-state index is 0.0191. The minimum Gasteiger partial charge on any atom is -0.382 e. The van der Waals surface area contributed by atoms with E-state index in [2.05, 4.69) is 38.7 Å². The average Bonchev–Trinajstić information content (AvgIpc) is 3.34. The van der Waals surface area contributed by atoms with Gasteiger partial charge in [-0.05, 0) is 19.3 Å². The quantitative estimate of drug-likeness (QED) is 0.832. The summed E-state index contributed by atoms with van der Waals surface area (Å²) in [5.74, 6) is 0.422. The lowest BCUT2D eigenvalue weighted by atomic mass is 9.94. The van der Waals surface area contributed by atoms with E-state index in [1.165, 1.54) is 25.6 Å². The molecule has 1 aliphatic heterocycles. The smallest absolute Gasteiger partial charge is 0.169 e. The number of ether oxygens (including phenoxy) is 2. The van der Waals surface area contributed by atoms with Gasteiger partial charge in [0.05, 0.1) is 18.5 Å². The molecule has 3 N–H and O–H groups in total. The molecular weight excluding hydrogens is 356 g/mol. The van der Waals surface area contributed by atoms with Crippen LogP contribution in [0.1, 0.15) is 58.4 Å². The molecular formula is C20H30N6O2. The Morgan fingerprint density at radius 1 is 1.18 bits per heavy atom. The molecule has 28 heavy (non-hydrogen) atoms. The summed E-state index contributed by atoms with van der Waals surface area (Å²) in [6.45, 7) is 5.29. The number of hydrogen-bond acceptors (Lipinski definition) is 7. The van der Waals surface area contributed by atoms with Gasteiger partial charge in [0.25, 0.3) is 0 Å². The Morgan fingerprint density at radius 3 is 2.75 bits per heavy atom. The third kappa shape index (κ3) is 2.98. The monoisotopic (exact) mass is 386 g/mol. The van der Waals surface area contributed by atoms with E-state index in [1.807, 2.05) is 6.33 Å². The van der Waals surface area contributed by atoms with E-state index in [4.69, 9.17) is 15.2 Å². The van der Waals surface area contributed by atoms with Gasteiger partial charge in [0, 0.05) is 31.3 Å². The summed E-state index contributed by atoms with van der Waals surface area (Å²) in [5, 5.41) is 3.60. The van der Waals surface area contributed by atoms with Gasteiger partial charge >= 0.3 is 0 Å². The van der Waals surface area contributed by atoms with Crippen LogP contribution in [0, 0.1) is 5.92 Å². The van der Waals surface area contributed by atoms with Gasteiger partial charge in [-0.3, -0.25) is 0 Å². The maximum atomic E-state index is 6.69. The fourth-order valence-corrected chi connectivity index (χ4v) is 5.20. The lowest BCUT2D eigenvalue weighted by Gasteiger charge is -2.34. The Balaban J connectivity index is 1.48. The highest BCUT2D eigenvalue weighted by atomic mass is 16.8. The van der Waals surface area contributed by atoms with Gasteiger partial charge in [-0.25, -0.2) is 15.0 Å². The molecule has 0 bridgehead atoms. The Hall–Kier alpha value is -1.77. The molecule has 2 saturated carbocycles. The molecule has 2 aliphatic carbocycles. The normalized spacial score (nSPS) is 31.8. The predicted molar refractivity (Wildman–Crippen MR) is 106 cm³/mol. The molecule has 8 nitrogen and oxygen atoms in total. The van der Waals surface area contributed by atoms with Crippen molar-refractivity contribution < 1.29 is 9.47 Å². The van der Waals surface area contributed by atoms with Gasteiger partial charge in [0.1, 0.15) is 17.9 Å². The van der Waals surface area contributed by atoms with E-state index in [1.54, 1.807) is 0 Å². The molecule has 0 aromatic carbocycles. The van der Waals surface area contributed by atoms with Gasteiger partial charge < -0.3 is 25.1 Å². The topological polar surface area (TPSA) is 100 Å². The molecule has 3 heterocycles. The number of rotatable bonds is 4. The van der Waals surface area contributed by atoms with Crippen LogP contribution in [0.3, 0.4) is 0 Å². The molecule has 3 fully saturated rings. The van der Waals surface area contributed by atoms with E-state index in [9.17, 15) is 0 Å². The maximum absolute atomic E-state index is 6.69. The van der Waals surface area contributed by atoms with E-state index in [-0.39, 0.29) is 18.2 Å². The molecule has 2 aromatic rings. The summed E-state index contributed by atoms with van der Waals surface area (Å²) in [6.07, 6.45) is 10.1. The first-order valence-electron chi connectivity index (χ1n) is 10.6. The summed E-state index contributed by atoms with van der Waals surface area (Å²) >= 11 is 0. The van der Waals surface area contributed by atoms with Crippen molar-refractivity contribution >= 4 is 17.0 Å². The van der Waals surface area contributed by atoms with E-state index in [0.29, 0.717) is 23.3 Å². The molecule has 0 amide bonds. The van der Waals surface area contributed by atoms with E-state index in [0.717, 1.165) is 31.5 Å². The zero-order valence-corrected chi connectivity index (χ0v) is 16.7. The lowest BCUT2D eigenvalue weighted by molar-refractivity contribution is -0.204. The number of nitrogens with zero attached hydrogens (tertiary/aromatic N) is 4. The first-order chi connectivity index (χ1) is 13.6. The fraction of sp³-hybridized carbons (Fsp3) is 0.750. The Bertz CT molecular complexity index is 846. The molecule has 2 aromatic heterocycles. The van der Waals surface area contributed by atoms with Crippen LogP contribution in [0.5, 0.6) is 0 Å². The molecule has 1 saturated heterocycles. The highest BCUT2D eigenvalue weighted by molar-refractivity contribution is 5.81. The van der Waals surface area contributed by atoms with E-state index >= 15 is 0 Å². The summed E-state index contributed by atoms with van der Waals surface area (Å²) in [6, 6.07) is 0.592. The Kier molecular flexibility index (Phi) is 4.52. The van der Waals surface area contributed by atoms with Crippen LogP contribution >= 0.6 is 0 Å². The molecule has 0 unspecified atom stereocenters. The second-order valence-electron chi connectivity index (χ2n) is 8.85. The Morgan fingerprint density at radius 2 is 1.96 bits per heavy atom. The van der Waals surface area contributed by atoms with Crippen LogP contribution in [0.25, 0.3) is 11.2 Å². The molecule has 3 aliphatic rings. The zero-order valence-electron chi connectivity index (χ0n) is 16.7. The van der Waals surface area contributed by atoms with Crippen molar-refractivity contribution in [1.82, 2.24) is 24.8 Å². The van der Waals surface area contributed by atoms with Crippen molar-refractivity contribution in [3.8, 4) is 0 Å². The molecule has 0 radical (unpaired) electrons. The van der Waals surface area contributed by atoms with Crippen molar-refractivity contribution in [3.05, 3.63) is 12.7 Å². The number of imidazole rings is 1. The van der Waals surface area contributed by atoms with E-state index < -0.39 is 5.79 Å². The first-order valence-corrected chi connectivity index (χ1v) is 10.6. The highest BCUT2D eigenvalue weighted by Gasteiger charge is 2.57. The summed E-state index contributed by atoms with van der Waals surface area (Å²) in [4.78, 5) is 13.0. The van der Waals surface area contributed by atoms with Crippen LogP contribution in [-0.4, -0.2) is 50.1 Å². The maximum Gasteiger partial charge on any atom is 0.169 e. The lowest BCUT2D eigenvalue weighted by Crippen LogP contribution is -2.37. The first kappa shape index (κ1) is 18.3. The summed E-state index contributed by atoms with van der Waals surface area (Å²) in [7, 11) is 0. The number of fused-ring (bicyclic) bond motifs is 2. The molecule has 152 valence electrons. The molecule has 8 heteroatoms. The number of anilines is 1. The Labute approximate surface area is 165 Å². The second kappa shape index (κ2) is 6.93. The number of nitrogen functional groups attached to an aromatic ring is 1. The molecule has 4 atom stereocenters. The van der Waals surface area contributed by atoms with Crippen LogP contribution < -0.4 is 11.1 Å². The predicted octanol–water partition coefficient (Wildman–Crippen LogP) is 2.41. The molecule has 1 spiro atoms. The summed E-state index contributed by atoms with van der Waals surface area (Å²) < 4.78 is 15.5. The van der Waals surface area contributed by atoms with Gasteiger partial charge in [-0.15, -0.1) is 0 Å². The van der Waals surface area contributed by atoms with Crippen molar-refractivity contribution in [1.29, 1.82) is 0 Å². The van der Waals surface area contributed by atoms with Crippen molar-refractivity contribution in [2.45, 2.75) is 82.5 Å². The number of nitrogens with one attached hydrogen (secondary N) is 1. The van der Waals surface area contributed by atoms with Gasteiger partial charge in [-0.1, -0.05) is 20.3 Å². The van der Waals surface area contributed by atoms with Crippen molar-refractivity contribution in [3.63, 3.8) is 0 Å². The standard InChI is InChI=1S/C20H30N6O2/c1-12(2)22-9-13-8-14(26-11-25-15-18(21)23-10-24-19(15)26)17-16(13)27-20(28-17)6-4-3-5-7-20/h10-14,16-17,22H,3-9H2,1-2H3,(H2,21,23,24)/t13-,14-,16-,17+/m1/s1. The molecule has 5 rings (SSSR count). The van der Waals surface area contributed by atoms with Crippen LogP contribution in [-0.2, 0) is 9.47 Å². The second-order valence-corrected chi connectivity index (χ2v) is 8.85. The number of nitrogens with two attached hydrogens (primary N) is 1. The fourth-order valence-electron chi connectivity index (χ4n) is 5.20. The van der Waals surface area contributed by atoms with Crippen molar-refractivity contribution in [2.75, 3.05) is 12.3 Å². The van der Waals surface area contributed by atoms with Crippen LogP contribution in [0.15, 0.2) is 12.7 Å². The number of hydrogen-bond donors (Lipinski definition) is 2. The third-order valence-corrected chi connectivity index (χ3v) is 6.56. The third-order valence-electron chi connectivity index (χ3n) is 6.56. The SMILES string of the molecule is CC(C)NC[C@H]1C[C@@H](n2cnc3c(N)ncnc32)[C@@H]2OC3(CCCCC3)O[C@H]12. The number of aromatic nitrogens is 4. The van der Waals surface area contributed by atoms with Gasteiger partial charge in [0.15, 0.2) is 17.3 Å². The largest absolute Gasteiger partial charge is 0.382 e. The van der Waals surface area contributed by atoms with Crippen LogP contribution in [0.4, 0.5) is 5.82 Å².